The number of nitrogens with zero attached hydrogens (tertiary/aromatic N) is 2. The SMILES string of the molecule is [2H]C(C(=O)N[C@@H](CC(=O)O)C(=O)N[C@H](C(=O)O)c1ccccc1)N1C(=O)NC(c2ccc(N=C(N)N)cc2)C1=O. The van der Waals surface area contributed by atoms with Crippen LogP contribution in [0.1, 0.15) is 31.0 Å². The molecule has 1 aliphatic heterocycles. The van der Waals surface area contributed by atoms with Gasteiger partial charge in [-0.25, -0.2) is 14.6 Å². The van der Waals surface area contributed by atoms with Crippen LogP contribution < -0.4 is 27.4 Å². The minimum absolute atomic E-state index is 0.179. The van der Waals surface area contributed by atoms with Crippen molar-refractivity contribution in [3.8, 4) is 0 Å². The summed E-state index contributed by atoms with van der Waals surface area (Å²) in [5, 5.41) is 25.3. The molecule has 1 aliphatic rings. The van der Waals surface area contributed by atoms with Crippen LogP contribution in [-0.4, -0.2) is 69.3 Å². The number of carboxylic acid groups (broad SMARTS) is 2. The summed E-state index contributed by atoms with van der Waals surface area (Å²) in [5.74, 6) is -6.64. The van der Waals surface area contributed by atoms with Crippen LogP contribution in [0.4, 0.5) is 10.5 Å². The fourth-order valence-electron chi connectivity index (χ4n) is 3.62. The van der Waals surface area contributed by atoms with Gasteiger partial charge in [0.2, 0.25) is 11.8 Å². The zero-order valence-electron chi connectivity index (χ0n) is 21.1. The Morgan fingerprint density at radius 1 is 1.03 bits per heavy atom. The number of carbonyl (C=O) groups excluding carboxylic acids is 4. The number of benzene rings is 2. The maximum absolute atomic E-state index is 12.9. The Labute approximate surface area is 222 Å². The lowest BCUT2D eigenvalue weighted by Crippen LogP contribution is -2.52. The third-order valence-corrected chi connectivity index (χ3v) is 5.38. The molecule has 0 saturated carbocycles. The quantitative estimate of drug-likeness (QED) is 0.105. The number of rotatable bonds is 11. The first-order chi connectivity index (χ1) is 18.9. The van der Waals surface area contributed by atoms with Crippen molar-refractivity contribution in [1.82, 2.24) is 20.9 Å². The summed E-state index contributed by atoms with van der Waals surface area (Å²) in [6.45, 7) is -2.20. The number of urea groups is 1. The largest absolute Gasteiger partial charge is 0.481 e. The summed E-state index contributed by atoms with van der Waals surface area (Å²) in [7, 11) is 0. The number of carboxylic acids is 2. The number of nitrogens with two attached hydrogens (primary N) is 2. The second-order valence-electron chi connectivity index (χ2n) is 8.20. The third-order valence-electron chi connectivity index (χ3n) is 5.38. The van der Waals surface area contributed by atoms with Crippen molar-refractivity contribution in [2.75, 3.05) is 6.52 Å². The molecule has 0 bridgehead atoms. The van der Waals surface area contributed by atoms with Crippen molar-refractivity contribution in [3.05, 3.63) is 65.7 Å². The molecule has 0 spiro atoms. The number of imide groups is 1. The summed E-state index contributed by atoms with van der Waals surface area (Å²) in [6.07, 6.45) is -0.976. The monoisotopic (exact) mass is 540 g/mol. The van der Waals surface area contributed by atoms with E-state index < -0.39 is 66.8 Å². The van der Waals surface area contributed by atoms with Gasteiger partial charge in [-0.15, -0.1) is 0 Å². The van der Waals surface area contributed by atoms with E-state index in [9.17, 15) is 39.0 Å². The van der Waals surface area contributed by atoms with Crippen LogP contribution >= 0.6 is 0 Å². The molecule has 9 N–H and O–H groups in total. The topological polar surface area (TPSA) is 247 Å². The molecule has 0 aromatic heterocycles. The van der Waals surface area contributed by atoms with Crippen molar-refractivity contribution in [2.45, 2.75) is 24.5 Å². The first-order valence-corrected chi connectivity index (χ1v) is 11.2. The van der Waals surface area contributed by atoms with Crippen LogP contribution in [0.3, 0.4) is 0 Å². The van der Waals surface area contributed by atoms with Gasteiger partial charge in [0.25, 0.3) is 5.91 Å². The molecule has 2 aromatic rings. The van der Waals surface area contributed by atoms with Gasteiger partial charge in [0.15, 0.2) is 12.0 Å². The highest BCUT2D eigenvalue weighted by molar-refractivity contribution is 6.07. The molecule has 39 heavy (non-hydrogen) atoms. The van der Waals surface area contributed by atoms with Crippen molar-refractivity contribution < 1.29 is 40.4 Å². The summed E-state index contributed by atoms with van der Waals surface area (Å²) >= 11 is 0. The zero-order valence-corrected chi connectivity index (χ0v) is 20.1. The number of aliphatic imine (C=N–C) groups is 1. The summed E-state index contributed by atoms with van der Waals surface area (Å²) in [6, 6.07) is 7.64. The highest BCUT2D eigenvalue weighted by Gasteiger charge is 2.40. The van der Waals surface area contributed by atoms with E-state index in [1.807, 2.05) is 5.32 Å². The van der Waals surface area contributed by atoms with Gasteiger partial charge in [-0.3, -0.25) is 24.1 Å². The van der Waals surface area contributed by atoms with Crippen LogP contribution in [0.2, 0.25) is 0 Å². The first kappa shape index (κ1) is 26.6. The van der Waals surface area contributed by atoms with Crippen LogP contribution in [0, 0.1) is 0 Å². The molecule has 0 radical (unpaired) electrons. The average Bonchev–Trinajstić information content (AvgIpc) is 3.19. The third kappa shape index (κ3) is 7.28. The number of hydrogen-bond acceptors (Lipinski definition) is 7. The standard InChI is InChI=1S/C24H25N7O8/c25-23(26)27-14-8-6-13(7-9-14)18-21(36)31(24(39)30-18)11-16(32)28-15(10-17(33)34)20(35)29-19(22(37)38)12-4-2-1-3-5-12/h1-9,15,18-19H,10-11H2,(H,28,32)(H,29,35)(H,30,39)(H,33,34)(H,37,38)(H4,25,26,27)/t15-,18?,19-/m0/s1/i11D/t11?,15-,18?,19-. The smallest absolute Gasteiger partial charge is 0.330 e. The van der Waals surface area contributed by atoms with Crippen LogP contribution in [0.5, 0.6) is 0 Å². The molecule has 15 heteroatoms. The van der Waals surface area contributed by atoms with E-state index in [-0.39, 0.29) is 11.5 Å². The van der Waals surface area contributed by atoms with Crippen molar-refractivity contribution in [3.63, 3.8) is 0 Å². The van der Waals surface area contributed by atoms with E-state index >= 15 is 0 Å². The Bertz CT molecular complexity index is 1350. The van der Waals surface area contributed by atoms with E-state index in [1.54, 1.807) is 6.07 Å². The lowest BCUT2D eigenvalue weighted by Gasteiger charge is -2.21. The Morgan fingerprint density at radius 2 is 1.67 bits per heavy atom. The van der Waals surface area contributed by atoms with Gasteiger partial charge in [-0.2, -0.15) is 0 Å². The number of guanidine groups is 1. The van der Waals surface area contributed by atoms with Crippen LogP contribution in [-0.2, 0) is 24.0 Å². The molecule has 15 nitrogen and oxygen atoms in total. The van der Waals surface area contributed by atoms with E-state index in [4.69, 9.17) is 12.8 Å². The second kappa shape index (κ2) is 12.2. The molecule has 204 valence electrons. The number of carbonyl (C=O) groups is 6. The molecule has 2 aromatic carbocycles. The highest BCUT2D eigenvalue weighted by Crippen LogP contribution is 2.24. The maximum Gasteiger partial charge on any atom is 0.330 e. The van der Waals surface area contributed by atoms with Gasteiger partial charge >= 0.3 is 18.0 Å². The molecule has 4 atom stereocenters. The van der Waals surface area contributed by atoms with Gasteiger partial charge in [0.1, 0.15) is 18.6 Å². The Morgan fingerprint density at radius 3 is 2.23 bits per heavy atom. The van der Waals surface area contributed by atoms with Gasteiger partial charge in [0.05, 0.1) is 13.5 Å². The predicted molar refractivity (Wildman–Crippen MR) is 134 cm³/mol. The Hall–Kier alpha value is -5.47. The molecule has 2 unspecified atom stereocenters. The van der Waals surface area contributed by atoms with Gasteiger partial charge in [-0.1, -0.05) is 42.5 Å². The fourth-order valence-corrected chi connectivity index (χ4v) is 3.62. The molecule has 0 aliphatic carbocycles. The summed E-state index contributed by atoms with van der Waals surface area (Å²) < 4.78 is 8.17. The van der Waals surface area contributed by atoms with Gasteiger partial charge in [-0.05, 0) is 23.3 Å². The van der Waals surface area contributed by atoms with Crippen molar-refractivity contribution in [1.29, 1.82) is 0 Å². The number of amides is 5. The first-order valence-electron chi connectivity index (χ1n) is 11.8. The van der Waals surface area contributed by atoms with E-state index in [0.29, 0.717) is 16.2 Å². The summed E-state index contributed by atoms with van der Waals surface area (Å²) in [4.78, 5) is 78.3. The number of hydrogen-bond donors (Lipinski definition) is 7. The fraction of sp³-hybridized carbons (Fsp3) is 0.208. The predicted octanol–water partition coefficient (Wildman–Crippen LogP) is -0.914. The lowest BCUT2D eigenvalue weighted by molar-refractivity contribution is -0.143. The molecule has 1 saturated heterocycles. The molecule has 1 fully saturated rings. The normalized spacial score (nSPS) is 17.2. The van der Waals surface area contributed by atoms with Crippen LogP contribution in [0.15, 0.2) is 59.6 Å². The van der Waals surface area contributed by atoms with Crippen molar-refractivity contribution in [2.24, 2.45) is 16.5 Å². The minimum atomic E-state index is -2.20. The minimum Gasteiger partial charge on any atom is -0.481 e. The lowest BCUT2D eigenvalue weighted by atomic mass is 10.1. The van der Waals surface area contributed by atoms with E-state index in [1.165, 1.54) is 48.5 Å². The Balaban J connectivity index is 1.74. The van der Waals surface area contributed by atoms with Gasteiger partial charge < -0.3 is 37.6 Å². The van der Waals surface area contributed by atoms with Crippen molar-refractivity contribution >= 4 is 47.3 Å². The summed E-state index contributed by atoms with van der Waals surface area (Å²) in [5.41, 5.74) is 11.5. The highest BCUT2D eigenvalue weighted by atomic mass is 16.4. The van der Waals surface area contributed by atoms with Gasteiger partial charge in [0, 0.05) is 0 Å². The number of nitrogens with one attached hydrogen (secondary N) is 3. The van der Waals surface area contributed by atoms with E-state index in [0.717, 1.165) is 0 Å². The van der Waals surface area contributed by atoms with Crippen LogP contribution in [0.25, 0.3) is 0 Å². The molecular formula is C24H25N7O8. The maximum atomic E-state index is 12.9. The molecule has 1 heterocycles. The molecule has 3 rings (SSSR count). The molecule has 5 amide bonds. The number of aliphatic carboxylic acids is 2. The average molecular weight is 541 g/mol. The second-order valence-corrected chi connectivity index (χ2v) is 8.20. The zero-order chi connectivity index (χ0) is 29.6. The molecular weight excluding hydrogens is 514 g/mol. The van der Waals surface area contributed by atoms with E-state index in [2.05, 4.69) is 15.6 Å². The Kier molecular flexibility index (Phi) is 8.30.